The van der Waals surface area contributed by atoms with Crippen molar-refractivity contribution in [3.63, 3.8) is 0 Å². The summed E-state index contributed by atoms with van der Waals surface area (Å²) in [6.45, 7) is 3.72. The molecule has 0 saturated carbocycles. The summed E-state index contributed by atoms with van der Waals surface area (Å²) in [4.78, 5) is 15.9. The van der Waals surface area contributed by atoms with Gasteiger partial charge >= 0.3 is 5.97 Å². The molecule has 1 heterocycles. The van der Waals surface area contributed by atoms with Crippen LogP contribution in [0.4, 0.5) is 13.2 Å². The minimum atomic E-state index is -1.06. The molecule has 0 aliphatic carbocycles. The molecule has 0 bridgehead atoms. The van der Waals surface area contributed by atoms with Gasteiger partial charge in [-0.05, 0) is 65.7 Å². The molecule has 0 atom stereocenters. The third-order valence-corrected chi connectivity index (χ3v) is 7.12. The normalized spacial score (nSPS) is 11.6. The summed E-state index contributed by atoms with van der Waals surface area (Å²) < 4.78 is 43.1. The zero-order chi connectivity index (χ0) is 25.3. The molecule has 9 heteroatoms. The Labute approximate surface area is 209 Å². The molecule has 0 radical (unpaired) electrons. The van der Waals surface area contributed by atoms with Crippen molar-refractivity contribution in [3.8, 4) is 5.69 Å². The van der Waals surface area contributed by atoms with Crippen molar-refractivity contribution in [2.24, 2.45) is 0 Å². The number of hydrogen-bond acceptors (Lipinski definition) is 3. The molecule has 4 aromatic rings. The molecule has 4 nitrogen and oxygen atoms in total. The second-order valence-corrected chi connectivity index (χ2v) is 9.74. The average molecular weight is 517 g/mol. The van der Waals surface area contributed by atoms with Crippen LogP contribution in [0.3, 0.4) is 0 Å². The number of aromatic nitrogens is 2. The summed E-state index contributed by atoms with van der Waals surface area (Å²) >= 11 is 7.60. The van der Waals surface area contributed by atoms with Crippen LogP contribution in [0, 0.1) is 17.5 Å². The van der Waals surface area contributed by atoms with E-state index in [4.69, 9.17) is 11.6 Å². The fraction of sp³-hybridized carbons (Fsp3) is 0.154. The molecule has 0 saturated heterocycles. The van der Waals surface area contributed by atoms with Crippen LogP contribution in [0.1, 0.15) is 41.0 Å². The number of rotatable bonds is 7. The van der Waals surface area contributed by atoms with Crippen molar-refractivity contribution in [2.75, 3.05) is 0 Å². The van der Waals surface area contributed by atoms with Crippen molar-refractivity contribution in [3.05, 3.63) is 112 Å². The summed E-state index contributed by atoms with van der Waals surface area (Å²) in [5, 5.41) is 10.3. The van der Waals surface area contributed by atoms with E-state index < -0.39 is 28.8 Å². The Bertz CT molecular complexity index is 1400. The Morgan fingerprint density at radius 2 is 1.74 bits per heavy atom. The molecule has 0 aliphatic rings. The monoisotopic (exact) mass is 516 g/mol. The Kier molecular flexibility index (Phi) is 6.96. The van der Waals surface area contributed by atoms with Gasteiger partial charge in [0.1, 0.15) is 5.82 Å². The highest BCUT2D eigenvalue weighted by atomic mass is 35.5. The van der Waals surface area contributed by atoms with Crippen LogP contribution >= 0.6 is 23.4 Å². The molecular weight excluding hydrogens is 497 g/mol. The number of imidazole rings is 1. The fourth-order valence-corrected chi connectivity index (χ4v) is 4.96. The van der Waals surface area contributed by atoms with Crippen LogP contribution < -0.4 is 0 Å². The van der Waals surface area contributed by atoms with E-state index in [-0.39, 0.29) is 5.56 Å². The molecule has 0 amide bonds. The first-order chi connectivity index (χ1) is 16.6. The first-order valence-electron chi connectivity index (χ1n) is 10.5. The van der Waals surface area contributed by atoms with Gasteiger partial charge in [0.25, 0.3) is 0 Å². The number of thioether (sulfide) groups is 1. The first-order valence-corrected chi connectivity index (χ1v) is 11.9. The number of halogens is 4. The van der Waals surface area contributed by atoms with E-state index in [0.29, 0.717) is 38.4 Å². The second kappa shape index (κ2) is 9.79. The first kappa shape index (κ1) is 24.9. The Balaban J connectivity index is 1.78. The summed E-state index contributed by atoms with van der Waals surface area (Å²) in [7, 11) is 0. The van der Waals surface area contributed by atoms with Crippen molar-refractivity contribution in [2.45, 2.75) is 30.2 Å². The second-order valence-electron chi connectivity index (χ2n) is 8.39. The molecule has 4 rings (SSSR count). The lowest BCUT2D eigenvalue weighted by Crippen LogP contribution is -2.23. The van der Waals surface area contributed by atoms with Crippen LogP contribution in [0.15, 0.2) is 72.0 Å². The van der Waals surface area contributed by atoms with Crippen LogP contribution in [-0.4, -0.2) is 20.6 Å². The van der Waals surface area contributed by atoms with Gasteiger partial charge in [-0.15, -0.1) is 0 Å². The summed E-state index contributed by atoms with van der Waals surface area (Å²) in [5.41, 5.74) is 1.77. The number of benzene rings is 3. The van der Waals surface area contributed by atoms with Gasteiger partial charge in [-0.3, -0.25) is 4.57 Å². The smallest absolute Gasteiger partial charge is 0.335 e. The molecule has 35 heavy (non-hydrogen) atoms. The Morgan fingerprint density at radius 1 is 1.03 bits per heavy atom. The number of aromatic carboxylic acids is 1. The highest BCUT2D eigenvalue weighted by molar-refractivity contribution is 7.98. The highest BCUT2D eigenvalue weighted by Crippen LogP contribution is 2.37. The van der Waals surface area contributed by atoms with Crippen molar-refractivity contribution < 1.29 is 23.1 Å². The van der Waals surface area contributed by atoms with Crippen molar-refractivity contribution in [1.29, 1.82) is 0 Å². The minimum Gasteiger partial charge on any atom is -0.478 e. The fourth-order valence-electron chi connectivity index (χ4n) is 3.71. The van der Waals surface area contributed by atoms with Crippen molar-refractivity contribution in [1.82, 2.24) is 9.55 Å². The predicted molar refractivity (Wildman–Crippen MR) is 130 cm³/mol. The van der Waals surface area contributed by atoms with E-state index in [2.05, 4.69) is 4.98 Å². The summed E-state index contributed by atoms with van der Waals surface area (Å²) in [6.07, 6.45) is 1.64. The number of hydrogen-bond donors (Lipinski definition) is 1. The van der Waals surface area contributed by atoms with Crippen LogP contribution in [0.5, 0.6) is 0 Å². The molecule has 0 fully saturated rings. The molecule has 0 unspecified atom stereocenters. The van der Waals surface area contributed by atoms with Gasteiger partial charge in [0.05, 0.1) is 17.5 Å². The van der Waals surface area contributed by atoms with Gasteiger partial charge in [-0.2, -0.15) is 0 Å². The minimum absolute atomic E-state index is 0.118. The number of carbonyl (C=O) groups is 1. The average Bonchev–Trinajstić information content (AvgIpc) is 3.25. The zero-order valence-corrected chi connectivity index (χ0v) is 20.3. The topological polar surface area (TPSA) is 55.1 Å². The molecular formula is C26H20ClF3N2O2S. The SMILES string of the molecule is CC(C)(c1ccc(F)c(F)c1)c1cnc(SCc2cc(C(=O)O)ccc2Cl)n1-c1ccc(F)cc1. The van der Waals surface area contributed by atoms with E-state index in [9.17, 15) is 23.1 Å². The van der Waals surface area contributed by atoms with Gasteiger partial charge in [0, 0.05) is 21.9 Å². The van der Waals surface area contributed by atoms with E-state index in [0.717, 1.165) is 12.1 Å². The van der Waals surface area contributed by atoms with Crippen LogP contribution in [0.2, 0.25) is 5.02 Å². The molecule has 1 N–H and O–H groups in total. The van der Waals surface area contributed by atoms with E-state index in [1.54, 1.807) is 18.3 Å². The lowest BCUT2D eigenvalue weighted by molar-refractivity contribution is 0.0696. The molecule has 3 aromatic carbocycles. The lowest BCUT2D eigenvalue weighted by Gasteiger charge is -2.27. The Morgan fingerprint density at radius 3 is 2.40 bits per heavy atom. The number of carboxylic acid groups (broad SMARTS) is 1. The van der Waals surface area contributed by atoms with Gasteiger partial charge in [-0.1, -0.05) is 43.3 Å². The quantitative estimate of drug-likeness (QED) is 0.263. The number of carboxylic acids is 1. The molecule has 0 spiro atoms. The van der Waals surface area contributed by atoms with Gasteiger partial charge in [0.15, 0.2) is 16.8 Å². The van der Waals surface area contributed by atoms with Gasteiger partial charge in [-0.25, -0.2) is 22.9 Å². The predicted octanol–water partition coefficient (Wildman–Crippen LogP) is 7.26. The van der Waals surface area contributed by atoms with Crippen molar-refractivity contribution >= 4 is 29.3 Å². The lowest BCUT2D eigenvalue weighted by atomic mass is 9.81. The molecule has 0 aliphatic heterocycles. The van der Waals surface area contributed by atoms with E-state index in [1.807, 2.05) is 18.4 Å². The molecule has 180 valence electrons. The van der Waals surface area contributed by atoms with E-state index >= 15 is 0 Å². The maximum Gasteiger partial charge on any atom is 0.335 e. The third kappa shape index (κ3) is 5.09. The van der Waals surface area contributed by atoms with Gasteiger partial charge in [0.2, 0.25) is 0 Å². The van der Waals surface area contributed by atoms with Gasteiger partial charge < -0.3 is 5.11 Å². The largest absolute Gasteiger partial charge is 0.478 e. The highest BCUT2D eigenvalue weighted by Gasteiger charge is 2.30. The maximum absolute atomic E-state index is 14.0. The van der Waals surface area contributed by atoms with Crippen LogP contribution in [-0.2, 0) is 11.2 Å². The molecule has 1 aromatic heterocycles. The maximum atomic E-state index is 14.0. The summed E-state index contributed by atoms with van der Waals surface area (Å²) in [6, 6.07) is 14.1. The third-order valence-electron chi connectivity index (χ3n) is 5.75. The Hall–Kier alpha value is -3.23. The van der Waals surface area contributed by atoms with Crippen LogP contribution in [0.25, 0.3) is 5.69 Å². The summed E-state index contributed by atoms with van der Waals surface area (Å²) in [5.74, 6) is -3.03. The standard InChI is InChI=1S/C26H20ClF3N2O2S/c1-26(2,17-4-10-21(29)22(30)12-17)23-13-31-25(32(23)19-7-5-18(28)6-8-19)35-14-16-11-15(24(33)34)3-9-20(16)27/h3-13H,14H2,1-2H3,(H,33,34). The zero-order valence-electron chi connectivity index (χ0n) is 18.7. The van der Waals surface area contributed by atoms with E-state index in [1.165, 1.54) is 48.2 Å². The number of nitrogens with zero attached hydrogens (tertiary/aromatic N) is 2.